The first-order chi connectivity index (χ1) is 6.95. The second-order valence-corrected chi connectivity index (χ2v) is 4.02. The van der Waals surface area contributed by atoms with Crippen LogP contribution in [0, 0.1) is 0 Å². The summed E-state index contributed by atoms with van der Waals surface area (Å²) in [6.07, 6.45) is -2.00. The molecule has 15 heavy (non-hydrogen) atoms. The highest BCUT2D eigenvalue weighted by atomic mass is 35.5. The lowest BCUT2D eigenvalue weighted by Crippen LogP contribution is -2.05. The van der Waals surface area contributed by atoms with Gasteiger partial charge in [-0.3, -0.25) is 0 Å². The topological polar surface area (TPSA) is 12.9 Å². The second-order valence-electron chi connectivity index (χ2n) is 2.61. The average molecular weight is 254 g/mol. The van der Waals surface area contributed by atoms with Gasteiger partial charge in [-0.2, -0.15) is 13.2 Å². The molecule has 1 aromatic heterocycles. The van der Waals surface area contributed by atoms with E-state index in [2.05, 4.69) is 11.6 Å². The number of aromatic nitrogens is 1. The minimum absolute atomic E-state index is 0.0108. The Kier molecular flexibility index (Phi) is 4.04. The largest absolute Gasteiger partial charge is 0.417 e. The lowest BCUT2D eigenvalue weighted by atomic mass is 10.3. The number of thioether (sulfide) groups is 1. The first-order valence-corrected chi connectivity index (χ1v) is 5.28. The molecule has 0 amide bonds. The Morgan fingerprint density at radius 1 is 1.53 bits per heavy atom. The molecule has 0 unspecified atom stereocenters. The highest BCUT2D eigenvalue weighted by molar-refractivity contribution is 7.99. The molecule has 0 aliphatic heterocycles. The van der Waals surface area contributed by atoms with E-state index >= 15 is 0 Å². The number of halogens is 4. The van der Waals surface area contributed by atoms with Crippen LogP contribution in [0.1, 0.15) is 5.56 Å². The molecular formula is C9H7ClF3NS. The van der Waals surface area contributed by atoms with Crippen LogP contribution in [-0.2, 0) is 6.18 Å². The van der Waals surface area contributed by atoms with Gasteiger partial charge < -0.3 is 0 Å². The van der Waals surface area contributed by atoms with Crippen LogP contribution in [0.3, 0.4) is 0 Å². The molecule has 0 N–H and O–H groups in total. The van der Waals surface area contributed by atoms with Gasteiger partial charge >= 0.3 is 6.18 Å². The van der Waals surface area contributed by atoms with Gasteiger partial charge in [0.15, 0.2) is 0 Å². The molecule has 1 rings (SSSR count). The minimum atomic E-state index is -4.40. The summed E-state index contributed by atoms with van der Waals surface area (Å²) in [4.78, 5) is 3.65. The number of pyridine rings is 1. The van der Waals surface area contributed by atoms with Crippen molar-refractivity contribution in [1.29, 1.82) is 0 Å². The van der Waals surface area contributed by atoms with Gasteiger partial charge in [0.1, 0.15) is 5.03 Å². The Morgan fingerprint density at radius 3 is 2.67 bits per heavy atom. The quantitative estimate of drug-likeness (QED) is 0.596. The van der Waals surface area contributed by atoms with E-state index in [1.54, 1.807) is 6.08 Å². The normalized spacial score (nSPS) is 11.5. The van der Waals surface area contributed by atoms with Gasteiger partial charge in [-0.25, -0.2) is 4.98 Å². The molecule has 82 valence electrons. The van der Waals surface area contributed by atoms with Gasteiger partial charge in [-0.05, 0) is 6.07 Å². The van der Waals surface area contributed by atoms with Crippen molar-refractivity contribution in [3.63, 3.8) is 0 Å². The molecule has 0 fully saturated rings. The van der Waals surface area contributed by atoms with E-state index in [0.29, 0.717) is 10.8 Å². The third-order valence-corrected chi connectivity index (χ3v) is 2.87. The van der Waals surface area contributed by atoms with Gasteiger partial charge in [0, 0.05) is 11.9 Å². The molecule has 0 aromatic carbocycles. The van der Waals surface area contributed by atoms with Crippen LogP contribution in [0.5, 0.6) is 0 Å². The Morgan fingerprint density at radius 2 is 2.20 bits per heavy atom. The number of nitrogens with zero attached hydrogens (tertiary/aromatic N) is 1. The fraction of sp³-hybridized carbons (Fsp3) is 0.222. The highest BCUT2D eigenvalue weighted by Gasteiger charge is 2.31. The van der Waals surface area contributed by atoms with Crippen LogP contribution >= 0.6 is 23.4 Å². The van der Waals surface area contributed by atoms with Crippen LogP contribution in [0.15, 0.2) is 29.9 Å². The highest BCUT2D eigenvalue weighted by Crippen LogP contribution is 2.33. The smallest absolute Gasteiger partial charge is 0.248 e. The van der Waals surface area contributed by atoms with E-state index in [4.69, 9.17) is 11.6 Å². The molecule has 0 radical (unpaired) electrons. The summed E-state index contributed by atoms with van der Waals surface area (Å²) in [5, 5.41) is 0.390. The zero-order valence-electron chi connectivity index (χ0n) is 7.51. The molecule has 0 aliphatic rings. The maximum absolute atomic E-state index is 12.2. The molecule has 0 bridgehead atoms. The number of alkyl halides is 3. The third kappa shape index (κ3) is 3.43. The molecule has 0 atom stereocenters. The first-order valence-electron chi connectivity index (χ1n) is 3.91. The summed E-state index contributed by atoms with van der Waals surface area (Å²) in [5.41, 5.74) is -0.838. The maximum Gasteiger partial charge on any atom is 0.417 e. The summed E-state index contributed by atoms with van der Waals surface area (Å²) in [6.45, 7) is 3.49. The Labute approximate surface area is 94.3 Å². The lowest BCUT2D eigenvalue weighted by Gasteiger charge is -2.07. The average Bonchev–Trinajstić information content (AvgIpc) is 2.14. The van der Waals surface area contributed by atoms with Crippen molar-refractivity contribution in [3.05, 3.63) is 35.5 Å². The van der Waals surface area contributed by atoms with Crippen LogP contribution in [0.4, 0.5) is 13.2 Å². The molecule has 0 saturated carbocycles. The molecular weight excluding hydrogens is 247 g/mol. The van der Waals surface area contributed by atoms with Crippen molar-refractivity contribution in [1.82, 2.24) is 4.98 Å². The predicted octanol–water partition coefficient (Wildman–Crippen LogP) is 4.03. The number of hydrogen-bond donors (Lipinski definition) is 0. The van der Waals surface area contributed by atoms with E-state index in [-0.39, 0.29) is 5.02 Å². The van der Waals surface area contributed by atoms with Crippen LogP contribution in [-0.4, -0.2) is 10.7 Å². The van der Waals surface area contributed by atoms with Crippen LogP contribution < -0.4 is 0 Å². The van der Waals surface area contributed by atoms with Crippen molar-refractivity contribution in [2.75, 3.05) is 5.75 Å². The summed E-state index contributed by atoms with van der Waals surface area (Å²) in [7, 11) is 0. The zero-order chi connectivity index (χ0) is 11.5. The summed E-state index contributed by atoms with van der Waals surface area (Å²) in [6, 6.07) is 0.875. The lowest BCUT2D eigenvalue weighted by molar-refractivity contribution is -0.137. The van der Waals surface area contributed by atoms with Crippen molar-refractivity contribution >= 4 is 23.4 Å². The van der Waals surface area contributed by atoms with Crippen molar-refractivity contribution < 1.29 is 13.2 Å². The molecule has 1 nitrogen and oxygen atoms in total. The Hall–Kier alpha value is -0.680. The molecule has 0 spiro atoms. The van der Waals surface area contributed by atoms with Gasteiger partial charge in [0.2, 0.25) is 0 Å². The molecule has 0 saturated heterocycles. The van der Waals surface area contributed by atoms with Gasteiger partial charge in [0.05, 0.1) is 10.6 Å². The van der Waals surface area contributed by atoms with E-state index in [9.17, 15) is 13.2 Å². The third-order valence-electron chi connectivity index (χ3n) is 1.47. The molecule has 1 heterocycles. The monoisotopic (exact) mass is 253 g/mol. The van der Waals surface area contributed by atoms with Gasteiger partial charge in [-0.1, -0.05) is 17.7 Å². The maximum atomic E-state index is 12.2. The fourth-order valence-electron chi connectivity index (χ4n) is 0.824. The van der Waals surface area contributed by atoms with E-state index in [1.165, 1.54) is 11.8 Å². The summed E-state index contributed by atoms with van der Waals surface area (Å²) in [5.74, 6) is 0.554. The number of rotatable bonds is 3. The molecule has 0 aliphatic carbocycles. The van der Waals surface area contributed by atoms with Crippen LogP contribution in [0.25, 0.3) is 0 Å². The van der Waals surface area contributed by atoms with Gasteiger partial charge in [-0.15, -0.1) is 18.3 Å². The SMILES string of the molecule is C=CCSc1ncc(C(F)(F)F)cc1Cl. The summed E-state index contributed by atoms with van der Waals surface area (Å²) < 4.78 is 36.7. The summed E-state index contributed by atoms with van der Waals surface area (Å²) >= 11 is 6.89. The first kappa shape index (κ1) is 12.4. The minimum Gasteiger partial charge on any atom is -0.248 e. The molecule has 1 aromatic rings. The van der Waals surface area contributed by atoms with Crippen LogP contribution in [0.2, 0.25) is 5.02 Å². The van der Waals surface area contributed by atoms with E-state index in [1.807, 2.05) is 0 Å². The Bertz CT molecular complexity index is 365. The second kappa shape index (κ2) is 4.90. The van der Waals surface area contributed by atoms with E-state index in [0.717, 1.165) is 12.3 Å². The fourth-order valence-corrected chi connectivity index (χ4v) is 1.75. The zero-order valence-corrected chi connectivity index (χ0v) is 9.09. The predicted molar refractivity (Wildman–Crippen MR) is 55.2 cm³/mol. The van der Waals surface area contributed by atoms with Crippen molar-refractivity contribution in [2.24, 2.45) is 0 Å². The standard InChI is InChI=1S/C9H7ClF3NS/c1-2-3-15-8-7(10)4-6(5-14-8)9(11,12)13/h2,4-5H,1,3H2. The Balaban J connectivity index is 2.93. The van der Waals surface area contributed by atoms with Gasteiger partial charge in [0.25, 0.3) is 0 Å². The van der Waals surface area contributed by atoms with E-state index < -0.39 is 11.7 Å². The van der Waals surface area contributed by atoms with Crippen molar-refractivity contribution in [3.8, 4) is 0 Å². The number of hydrogen-bond acceptors (Lipinski definition) is 2. The molecule has 6 heteroatoms. The van der Waals surface area contributed by atoms with Crippen molar-refractivity contribution in [2.45, 2.75) is 11.2 Å².